The van der Waals surface area contributed by atoms with Crippen LogP contribution >= 0.6 is 0 Å². The summed E-state index contributed by atoms with van der Waals surface area (Å²) in [4.78, 5) is 0. The average molecular weight is 210 g/mol. The number of ether oxygens (including phenoxy) is 1. The molecule has 3 nitrogen and oxygen atoms in total. The minimum Gasteiger partial charge on any atom is -0.465 e. The van der Waals surface area contributed by atoms with Gasteiger partial charge in [-0.1, -0.05) is 24.3 Å². The van der Waals surface area contributed by atoms with Gasteiger partial charge < -0.3 is 14.9 Å². The first-order valence-electron chi connectivity index (χ1n) is 4.82. The maximum atomic E-state index is 8.11. The molecule has 84 valence electrons. The summed E-state index contributed by atoms with van der Waals surface area (Å²) >= 11 is 0. The van der Waals surface area contributed by atoms with E-state index in [1.165, 1.54) is 6.92 Å². The second kappa shape index (κ2) is 9.24. The average Bonchev–Trinajstić information content (AvgIpc) is 2.28. The number of rotatable bonds is 3. The monoisotopic (exact) mass is 210 g/mol. The van der Waals surface area contributed by atoms with E-state index >= 15 is 0 Å². The normalized spacial score (nSPS) is 11.7. The molecule has 0 amide bonds. The van der Waals surface area contributed by atoms with Gasteiger partial charge in [-0.05, 0) is 26.0 Å². The lowest BCUT2D eigenvalue weighted by Crippen LogP contribution is -2.03. The van der Waals surface area contributed by atoms with Gasteiger partial charge in [0.2, 0.25) is 0 Å². The first-order valence-corrected chi connectivity index (χ1v) is 4.82. The summed E-state index contributed by atoms with van der Waals surface area (Å²) in [6.45, 7) is 3.31. The summed E-state index contributed by atoms with van der Waals surface area (Å²) in [6, 6.07) is 9.68. The predicted molar refractivity (Wildman–Crippen MR) is 60.7 cm³/mol. The molecule has 2 N–H and O–H groups in total. The third-order valence-electron chi connectivity index (χ3n) is 1.35. The van der Waals surface area contributed by atoms with Crippen molar-refractivity contribution in [3.63, 3.8) is 0 Å². The fourth-order valence-corrected chi connectivity index (χ4v) is 0.646. The van der Waals surface area contributed by atoms with Crippen LogP contribution in [0.2, 0.25) is 0 Å². The van der Waals surface area contributed by atoms with Crippen molar-refractivity contribution in [2.24, 2.45) is 0 Å². The lowest BCUT2D eigenvalue weighted by molar-refractivity contribution is 0.110. The molecule has 1 unspecified atom stereocenters. The summed E-state index contributed by atoms with van der Waals surface area (Å²) in [5.74, 6) is 0.876. The molecule has 3 heteroatoms. The molecule has 15 heavy (non-hydrogen) atoms. The van der Waals surface area contributed by atoms with Crippen LogP contribution in [0.15, 0.2) is 42.7 Å². The Morgan fingerprint density at radius 3 is 2.27 bits per heavy atom. The van der Waals surface area contributed by atoms with Crippen LogP contribution in [0.3, 0.4) is 0 Å². The van der Waals surface area contributed by atoms with E-state index in [1.807, 2.05) is 43.3 Å². The van der Waals surface area contributed by atoms with Gasteiger partial charge in [0, 0.05) is 0 Å². The van der Waals surface area contributed by atoms with Gasteiger partial charge in [0.05, 0.1) is 19.0 Å². The van der Waals surface area contributed by atoms with Crippen molar-refractivity contribution in [1.29, 1.82) is 0 Å². The molecule has 0 aromatic heterocycles. The summed E-state index contributed by atoms with van der Waals surface area (Å²) in [5, 5.41) is 16.0. The molecular weight excluding hydrogens is 192 g/mol. The molecule has 0 aliphatic carbocycles. The summed E-state index contributed by atoms with van der Waals surface area (Å²) < 4.78 is 5.17. The van der Waals surface area contributed by atoms with Crippen molar-refractivity contribution >= 4 is 0 Å². The SMILES string of the molecule is CC(O)CO.CC=COc1ccccc1. The number of para-hydroxylation sites is 1. The van der Waals surface area contributed by atoms with Gasteiger partial charge >= 0.3 is 0 Å². The Morgan fingerprint density at radius 1 is 1.33 bits per heavy atom. The summed E-state index contributed by atoms with van der Waals surface area (Å²) in [6.07, 6.45) is 2.96. The maximum absolute atomic E-state index is 8.11. The molecule has 0 heterocycles. The number of hydrogen-bond acceptors (Lipinski definition) is 3. The van der Waals surface area contributed by atoms with Gasteiger partial charge in [-0.25, -0.2) is 0 Å². The van der Waals surface area contributed by atoms with Crippen molar-refractivity contribution in [2.75, 3.05) is 6.61 Å². The topological polar surface area (TPSA) is 49.7 Å². The minimum absolute atomic E-state index is 0.139. The molecule has 0 saturated carbocycles. The largest absolute Gasteiger partial charge is 0.465 e. The molecule has 0 radical (unpaired) electrons. The lowest BCUT2D eigenvalue weighted by Gasteiger charge is -1.96. The molecule has 0 aliphatic heterocycles. The van der Waals surface area contributed by atoms with Crippen molar-refractivity contribution in [1.82, 2.24) is 0 Å². The number of hydrogen-bond donors (Lipinski definition) is 2. The van der Waals surface area contributed by atoms with E-state index in [0.29, 0.717) is 0 Å². The Bertz CT molecular complexity index is 255. The van der Waals surface area contributed by atoms with Crippen molar-refractivity contribution in [3.8, 4) is 5.75 Å². The second-order valence-corrected chi connectivity index (χ2v) is 2.93. The Balaban J connectivity index is 0.000000336. The zero-order valence-electron chi connectivity index (χ0n) is 9.13. The Morgan fingerprint density at radius 2 is 1.87 bits per heavy atom. The van der Waals surface area contributed by atoms with Crippen LogP contribution in [0.4, 0.5) is 0 Å². The molecule has 1 rings (SSSR count). The van der Waals surface area contributed by atoms with Gasteiger partial charge in [-0.15, -0.1) is 0 Å². The third-order valence-corrected chi connectivity index (χ3v) is 1.35. The van der Waals surface area contributed by atoms with E-state index in [-0.39, 0.29) is 6.61 Å². The molecular formula is C12H18O3. The van der Waals surface area contributed by atoms with Crippen LogP contribution < -0.4 is 4.74 Å². The van der Waals surface area contributed by atoms with E-state index in [1.54, 1.807) is 6.26 Å². The minimum atomic E-state index is -0.560. The fourth-order valence-electron chi connectivity index (χ4n) is 0.646. The Hall–Kier alpha value is -1.32. The van der Waals surface area contributed by atoms with E-state index in [9.17, 15) is 0 Å². The lowest BCUT2D eigenvalue weighted by atomic mass is 10.3. The summed E-state index contributed by atoms with van der Waals surface area (Å²) in [7, 11) is 0. The van der Waals surface area contributed by atoms with E-state index in [4.69, 9.17) is 14.9 Å². The van der Waals surface area contributed by atoms with Gasteiger partial charge in [-0.3, -0.25) is 0 Å². The van der Waals surface area contributed by atoms with Crippen LogP contribution in [0.1, 0.15) is 13.8 Å². The molecule has 1 atom stereocenters. The van der Waals surface area contributed by atoms with Gasteiger partial charge in [0.1, 0.15) is 5.75 Å². The first-order chi connectivity index (χ1) is 7.20. The van der Waals surface area contributed by atoms with Crippen LogP contribution in [-0.2, 0) is 0 Å². The zero-order valence-corrected chi connectivity index (χ0v) is 9.13. The van der Waals surface area contributed by atoms with E-state index < -0.39 is 6.10 Å². The third kappa shape index (κ3) is 9.00. The standard InChI is InChI=1S/C9H10O.C3H8O2/c1-2-8-10-9-6-4-3-5-7-9;1-3(5)2-4/h2-8H,1H3;3-5H,2H2,1H3. The van der Waals surface area contributed by atoms with Gasteiger partial charge in [-0.2, -0.15) is 0 Å². The molecule has 1 aromatic rings. The van der Waals surface area contributed by atoms with Crippen LogP contribution in [0.5, 0.6) is 5.75 Å². The highest BCUT2D eigenvalue weighted by Gasteiger charge is 1.83. The van der Waals surface area contributed by atoms with Gasteiger partial charge in [0.15, 0.2) is 0 Å². The first kappa shape index (κ1) is 13.7. The Kier molecular flexibility index (Phi) is 8.43. The molecule has 0 fully saturated rings. The molecule has 0 saturated heterocycles. The maximum Gasteiger partial charge on any atom is 0.126 e. The zero-order chi connectivity index (χ0) is 11.5. The summed E-state index contributed by atoms with van der Waals surface area (Å²) in [5.41, 5.74) is 0. The Labute approximate surface area is 90.6 Å². The van der Waals surface area contributed by atoms with E-state index in [2.05, 4.69) is 0 Å². The number of benzene rings is 1. The van der Waals surface area contributed by atoms with Gasteiger partial charge in [0.25, 0.3) is 0 Å². The number of aliphatic hydroxyl groups excluding tert-OH is 2. The fraction of sp³-hybridized carbons (Fsp3) is 0.333. The van der Waals surface area contributed by atoms with Crippen molar-refractivity contribution in [3.05, 3.63) is 42.7 Å². The molecule has 0 bridgehead atoms. The number of allylic oxidation sites excluding steroid dienone is 1. The predicted octanol–water partition coefficient (Wildman–Crippen LogP) is 1.96. The number of aliphatic hydroxyl groups is 2. The highest BCUT2D eigenvalue weighted by atomic mass is 16.5. The van der Waals surface area contributed by atoms with Crippen LogP contribution in [0.25, 0.3) is 0 Å². The van der Waals surface area contributed by atoms with Crippen molar-refractivity contribution in [2.45, 2.75) is 20.0 Å². The molecule has 0 spiro atoms. The quantitative estimate of drug-likeness (QED) is 0.750. The van der Waals surface area contributed by atoms with Crippen LogP contribution in [0, 0.1) is 0 Å². The van der Waals surface area contributed by atoms with Crippen molar-refractivity contribution < 1.29 is 14.9 Å². The molecule has 0 aliphatic rings. The highest BCUT2D eigenvalue weighted by Crippen LogP contribution is 2.07. The highest BCUT2D eigenvalue weighted by molar-refractivity contribution is 5.21. The van der Waals surface area contributed by atoms with E-state index in [0.717, 1.165) is 5.75 Å². The van der Waals surface area contributed by atoms with Crippen LogP contribution in [-0.4, -0.2) is 22.9 Å². The second-order valence-electron chi connectivity index (χ2n) is 2.93. The smallest absolute Gasteiger partial charge is 0.126 e. The molecule has 1 aromatic carbocycles.